The van der Waals surface area contributed by atoms with E-state index >= 15 is 0 Å². The number of unbranched alkanes of at least 4 members (excludes halogenated alkanes) is 9. The predicted molar refractivity (Wildman–Crippen MR) is 97.0 cm³/mol. The van der Waals surface area contributed by atoms with Gasteiger partial charge in [-0.1, -0.05) is 51.4 Å². The van der Waals surface area contributed by atoms with Crippen LogP contribution in [0.25, 0.3) is 0 Å². The summed E-state index contributed by atoms with van der Waals surface area (Å²) in [5.41, 5.74) is 0. The lowest BCUT2D eigenvalue weighted by atomic mass is 10.1. The van der Waals surface area contributed by atoms with Gasteiger partial charge < -0.3 is 0 Å². The molecular formula is C16H34O6S2. The molecule has 0 radical (unpaired) electrons. The van der Waals surface area contributed by atoms with Crippen molar-refractivity contribution in [3.63, 3.8) is 0 Å². The van der Waals surface area contributed by atoms with E-state index in [9.17, 15) is 16.8 Å². The maximum absolute atomic E-state index is 11.1. The number of rotatable bonds is 17. The van der Waals surface area contributed by atoms with Crippen molar-refractivity contribution < 1.29 is 25.2 Å². The van der Waals surface area contributed by atoms with E-state index in [4.69, 9.17) is 8.37 Å². The first kappa shape index (κ1) is 23.8. The van der Waals surface area contributed by atoms with E-state index in [0.717, 1.165) is 38.5 Å². The van der Waals surface area contributed by atoms with Gasteiger partial charge in [0.05, 0.1) is 24.7 Å². The molecule has 0 aromatic heterocycles. The molecule has 0 rings (SSSR count). The van der Waals surface area contributed by atoms with Crippen LogP contribution in [0.3, 0.4) is 0 Å². The summed E-state index contributed by atoms with van der Waals surface area (Å²) < 4.78 is 54.1. The fourth-order valence-electron chi connectivity index (χ4n) is 2.16. The second-order valence-corrected chi connectivity index (χ2v) is 9.73. The Morgan fingerprint density at radius 3 is 1.00 bits per heavy atom. The van der Waals surface area contributed by atoms with Crippen molar-refractivity contribution in [2.75, 3.05) is 24.7 Å². The van der Waals surface area contributed by atoms with Crippen LogP contribution >= 0.6 is 0 Å². The molecular weight excluding hydrogens is 352 g/mol. The molecule has 0 aliphatic rings. The van der Waals surface area contributed by atoms with Gasteiger partial charge in [0.2, 0.25) is 0 Å². The Hall–Kier alpha value is -0.180. The van der Waals surface area contributed by atoms with E-state index in [-0.39, 0.29) is 11.5 Å². The normalized spacial score (nSPS) is 12.6. The first-order valence-electron chi connectivity index (χ1n) is 9.07. The zero-order chi connectivity index (χ0) is 18.3. The lowest BCUT2D eigenvalue weighted by Gasteiger charge is -2.04. The van der Waals surface area contributed by atoms with Crippen molar-refractivity contribution in [1.82, 2.24) is 0 Å². The maximum atomic E-state index is 11.1. The summed E-state index contributed by atoms with van der Waals surface area (Å²) in [4.78, 5) is 0. The third-order valence-corrected chi connectivity index (χ3v) is 6.24. The van der Waals surface area contributed by atoms with E-state index < -0.39 is 20.2 Å². The lowest BCUT2D eigenvalue weighted by molar-refractivity contribution is 0.305. The van der Waals surface area contributed by atoms with E-state index in [1.807, 2.05) is 0 Å². The topological polar surface area (TPSA) is 86.7 Å². The molecule has 0 aliphatic heterocycles. The third-order valence-electron chi connectivity index (χ3n) is 3.77. The van der Waals surface area contributed by atoms with Gasteiger partial charge in [-0.3, -0.25) is 8.37 Å². The molecule has 8 heteroatoms. The average molecular weight is 387 g/mol. The summed E-state index contributed by atoms with van der Waals surface area (Å²) in [7, 11) is -6.57. The van der Waals surface area contributed by atoms with Gasteiger partial charge in [0.1, 0.15) is 0 Å². The Balaban J connectivity index is 3.24. The van der Waals surface area contributed by atoms with Gasteiger partial charge in [-0.2, -0.15) is 16.8 Å². The van der Waals surface area contributed by atoms with Gasteiger partial charge in [-0.15, -0.1) is 0 Å². The van der Waals surface area contributed by atoms with E-state index in [1.165, 1.54) is 25.7 Å². The van der Waals surface area contributed by atoms with Crippen molar-refractivity contribution in [1.29, 1.82) is 0 Å². The second-order valence-electron chi connectivity index (χ2n) is 5.87. The van der Waals surface area contributed by atoms with E-state index in [0.29, 0.717) is 13.2 Å². The standard InChI is InChI=1S/C16H34O6S2/c1-3-23(17,18)21-15-13-11-9-7-5-6-8-10-12-14-16-22-24(19,20)4-2/h3-16H2,1-2H3. The van der Waals surface area contributed by atoms with Gasteiger partial charge in [0.25, 0.3) is 20.2 Å². The predicted octanol–water partition coefficient (Wildman–Crippen LogP) is 3.62. The van der Waals surface area contributed by atoms with Crippen LogP contribution in [-0.2, 0) is 28.6 Å². The van der Waals surface area contributed by atoms with Crippen LogP contribution in [0.1, 0.15) is 78.1 Å². The van der Waals surface area contributed by atoms with Crippen molar-refractivity contribution in [2.45, 2.75) is 78.1 Å². The van der Waals surface area contributed by atoms with Crippen molar-refractivity contribution in [3.05, 3.63) is 0 Å². The van der Waals surface area contributed by atoms with Crippen LogP contribution in [0.5, 0.6) is 0 Å². The fraction of sp³-hybridized carbons (Fsp3) is 1.00. The molecule has 0 fully saturated rings. The largest absolute Gasteiger partial charge is 0.270 e. The highest BCUT2D eigenvalue weighted by molar-refractivity contribution is 7.86. The molecule has 0 bridgehead atoms. The molecule has 0 saturated carbocycles. The maximum Gasteiger partial charge on any atom is 0.267 e. The molecule has 0 N–H and O–H groups in total. The molecule has 24 heavy (non-hydrogen) atoms. The second kappa shape index (κ2) is 14.0. The Morgan fingerprint density at radius 1 is 0.500 bits per heavy atom. The van der Waals surface area contributed by atoms with Crippen molar-refractivity contribution >= 4 is 20.2 Å². The highest BCUT2D eigenvalue weighted by Gasteiger charge is 2.06. The summed E-state index contributed by atoms with van der Waals surface area (Å²) >= 11 is 0. The Labute approximate surface area is 148 Å². The smallest absolute Gasteiger partial charge is 0.267 e. The van der Waals surface area contributed by atoms with Crippen molar-refractivity contribution in [2.24, 2.45) is 0 Å². The van der Waals surface area contributed by atoms with E-state index in [1.54, 1.807) is 13.8 Å². The quantitative estimate of drug-likeness (QED) is 0.280. The lowest BCUT2D eigenvalue weighted by Crippen LogP contribution is -2.09. The highest BCUT2D eigenvalue weighted by atomic mass is 32.2. The molecule has 0 atom stereocenters. The molecule has 146 valence electrons. The van der Waals surface area contributed by atoms with Gasteiger partial charge in [0, 0.05) is 0 Å². The molecule has 0 aromatic carbocycles. The minimum Gasteiger partial charge on any atom is -0.270 e. The Bertz CT molecular complexity index is 439. The summed E-state index contributed by atoms with van der Waals surface area (Å²) in [5, 5.41) is 0. The first-order chi connectivity index (χ1) is 11.3. The summed E-state index contributed by atoms with van der Waals surface area (Å²) in [5.74, 6) is 0.0705. The van der Waals surface area contributed by atoms with Gasteiger partial charge >= 0.3 is 0 Å². The van der Waals surface area contributed by atoms with E-state index in [2.05, 4.69) is 0 Å². The van der Waals surface area contributed by atoms with Crippen LogP contribution in [0.2, 0.25) is 0 Å². The third kappa shape index (κ3) is 15.4. The molecule has 0 saturated heterocycles. The van der Waals surface area contributed by atoms with Gasteiger partial charge in [-0.05, 0) is 26.7 Å². The van der Waals surface area contributed by atoms with Crippen LogP contribution in [0.15, 0.2) is 0 Å². The molecule has 0 heterocycles. The molecule has 0 spiro atoms. The average Bonchev–Trinajstić information content (AvgIpc) is 2.55. The van der Waals surface area contributed by atoms with Crippen LogP contribution in [-0.4, -0.2) is 41.6 Å². The minimum atomic E-state index is -3.29. The monoisotopic (exact) mass is 386 g/mol. The molecule has 0 aliphatic carbocycles. The summed E-state index contributed by atoms with van der Waals surface area (Å²) in [6, 6.07) is 0. The summed E-state index contributed by atoms with van der Waals surface area (Å²) in [6.45, 7) is 3.75. The van der Waals surface area contributed by atoms with Crippen LogP contribution in [0, 0.1) is 0 Å². The van der Waals surface area contributed by atoms with Gasteiger partial charge in [0.15, 0.2) is 0 Å². The SMILES string of the molecule is CCS(=O)(=O)OCCCCCCCCCCCCOS(=O)(=O)CC. The Morgan fingerprint density at radius 2 is 0.750 bits per heavy atom. The van der Waals surface area contributed by atoms with Crippen LogP contribution < -0.4 is 0 Å². The molecule has 6 nitrogen and oxygen atoms in total. The summed E-state index contributed by atoms with van der Waals surface area (Å²) in [6.07, 6.45) is 10.5. The molecule has 0 amide bonds. The highest BCUT2D eigenvalue weighted by Crippen LogP contribution is 2.11. The minimum absolute atomic E-state index is 0.0353. The fourth-order valence-corrected chi connectivity index (χ4v) is 3.23. The molecule has 0 unspecified atom stereocenters. The Kier molecular flexibility index (Phi) is 13.9. The number of hydrogen-bond acceptors (Lipinski definition) is 6. The van der Waals surface area contributed by atoms with Crippen LogP contribution in [0.4, 0.5) is 0 Å². The zero-order valence-electron chi connectivity index (χ0n) is 15.2. The first-order valence-corrected chi connectivity index (χ1v) is 12.2. The van der Waals surface area contributed by atoms with Gasteiger partial charge in [-0.25, -0.2) is 0 Å². The molecule has 0 aromatic rings. The number of hydrogen-bond donors (Lipinski definition) is 0. The van der Waals surface area contributed by atoms with Crippen molar-refractivity contribution in [3.8, 4) is 0 Å². The zero-order valence-corrected chi connectivity index (χ0v) is 16.8.